The molecule has 7 heteroatoms. The monoisotopic (exact) mass is 334 g/mol. The van der Waals surface area contributed by atoms with Gasteiger partial charge in [-0.05, 0) is 32.2 Å². The summed E-state index contributed by atoms with van der Waals surface area (Å²) < 4.78 is 1.81. The molecule has 2 fully saturated rings. The summed E-state index contributed by atoms with van der Waals surface area (Å²) in [4.78, 5) is 14.5. The highest BCUT2D eigenvalue weighted by atomic mass is 35.5. The maximum Gasteiger partial charge on any atom is 0.224 e. The first-order valence-electron chi connectivity index (χ1n) is 7.25. The molecule has 1 aromatic heterocycles. The number of halogens is 2. The maximum absolute atomic E-state index is 12.5. The molecule has 3 heterocycles. The van der Waals surface area contributed by atoms with Crippen LogP contribution in [0.3, 0.4) is 0 Å². The van der Waals surface area contributed by atoms with Gasteiger partial charge in [0, 0.05) is 37.8 Å². The van der Waals surface area contributed by atoms with E-state index in [1.807, 2.05) is 24.1 Å². The number of amides is 1. The van der Waals surface area contributed by atoms with Gasteiger partial charge in [-0.2, -0.15) is 5.10 Å². The van der Waals surface area contributed by atoms with Crippen LogP contribution in [0.2, 0.25) is 0 Å². The number of hydrogen-bond acceptors (Lipinski definition) is 3. The lowest BCUT2D eigenvalue weighted by atomic mass is 10.1. The zero-order valence-electron chi connectivity index (χ0n) is 12.3. The van der Waals surface area contributed by atoms with Crippen LogP contribution >= 0.6 is 24.8 Å². The molecule has 21 heavy (non-hydrogen) atoms. The van der Waals surface area contributed by atoms with E-state index in [4.69, 9.17) is 0 Å². The largest absolute Gasteiger partial charge is 0.335 e. The molecule has 2 unspecified atom stereocenters. The van der Waals surface area contributed by atoms with Crippen molar-refractivity contribution in [1.29, 1.82) is 0 Å². The Morgan fingerprint density at radius 1 is 1.38 bits per heavy atom. The highest BCUT2D eigenvalue weighted by molar-refractivity contribution is 5.85. The van der Waals surface area contributed by atoms with Gasteiger partial charge in [-0.15, -0.1) is 24.8 Å². The van der Waals surface area contributed by atoms with Crippen molar-refractivity contribution in [2.75, 3.05) is 13.1 Å². The van der Waals surface area contributed by atoms with Gasteiger partial charge in [-0.1, -0.05) is 0 Å². The van der Waals surface area contributed by atoms with Crippen molar-refractivity contribution in [2.24, 2.45) is 7.05 Å². The lowest BCUT2D eigenvalue weighted by Crippen LogP contribution is -2.35. The van der Waals surface area contributed by atoms with E-state index in [1.54, 1.807) is 0 Å². The molecule has 1 amide bonds. The van der Waals surface area contributed by atoms with Crippen LogP contribution in [-0.4, -0.2) is 39.7 Å². The number of hydrogen-bond donors (Lipinski definition) is 1. The Labute approximate surface area is 138 Å². The van der Waals surface area contributed by atoms with Gasteiger partial charge in [-0.3, -0.25) is 9.48 Å². The Morgan fingerprint density at radius 3 is 2.81 bits per heavy atom. The van der Waals surface area contributed by atoms with Crippen LogP contribution in [0.5, 0.6) is 0 Å². The third-order valence-electron chi connectivity index (χ3n) is 4.27. The van der Waals surface area contributed by atoms with E-state index < -0.39 is 0 Å². The quantitative estimate of drug-likeness (QED) is 0.920. The molecular weight excluding hydrogens is 311 g/mol. The lowest BCUT2D eigenvalue weighted by Gasteiger charge is -2.25. The first-order valence-corrected chi connectivity index (χ1v) is 7.25. The molecule has 0 aromatic carbocycles. The van der Waals surface area contributed by atoms with Gasteiger partial charge < -0.3 is 10.2 Å². The first-order chi connectivity index (χ1) is 9.24. The first kappa shape index (κ1) is 18.3. The molecule has 1 aromatic rings. The summed E-state index contributed by atoms with van der Waals surface area (Å²) in [6, 6.07) is 0.630. The van der Waals surface area contributed by atoms with E-state index in [9.17, 15) is 4.79 Å². The number of nitrogens with one attached hydrogen (secondary N) is 1. The van der Waals surface area contributed by atoms with Crippen molar-refractivity contribution >= 4 is 30.7 Å². The highest BCUT2D eigenvalue weighted by Crippen LogP contribution is 2.32. The smallest absolute Gasteiger partial charge is 0.224 e. The Bertz CT molecular complexity index is 460. The zero-order chi connectivity index (χ0) is 13.2. The summed E-state index contributed by atoms with van der Waals surface area (Å²) in [6.45, 7) is 1.95. The van der Waals surface area contributed by atoms with Crippen molar-refractivity contribution < 1.29 is 4.79 Å². The second-order valence-corrected chi connectivity index (χ2v) is 5.69. The van der Waals surface area contributed by atoms with Gasteiger partial charge in [0.05, 0.1) is 12.2 Å². The van der Waals surface area contributed by atoms with Crippen LogP contribution in [0, 0.1) is 0 Å². The number of carbonyl (C=O) groups is 1. The highest BCUT2D eigenvalue weighted by Gasteiger charge is 2.32. The predicted octanol–water partition coefficient (Wildman–Crippen LogP) is 2.07. The third kappa shape index (κ3) is 4.11. The van der Waals surface area contributed by atoms with Gasteiger partial charge >= 0.3 is 0 Å². The van der Waals surface area contributed by atoms with Crippen LogP contribution in [0.1, 0.15) is 43.7 Å². The van der Waals surface area contributed by atoms with Crippen LogP contribution in [0.4, 0.5) is 0 Å². The fourth-order valence-electron chi connectivity index (χ4n) is 3.28. The Hall–Kier alpha value is -0.780. The average Bonchev–Trinajstić information content (AvgIpc) is 3.07. The molecule has 120 valence electrons. The number of carbonyl (C=O) groups excluding carboxylic acids is 1. The molecule has 2 aliphatic rings. The second-order valence-electron chi connectivity index (χ2n) is 5.69. The van der Waals surface area contributed by atoms with Crippen LogP contribution in [0.25, 0.3) is 0 Å². The molecule has 2 atom stereocenters. The number of aromatic nitrogens is 2. The predicted molar refractivity (Wildman–Crippen MR) is 87.0 cm³/mol. The molecule has 0 radical (unpaired) electrons. The molecule has 5 nitrogen and oxygen atoms in total. The van der Waals surface area contributed by atoms with Crippen LogP contribution in [0.15, 0.2) is 12.4 Å². The maximum atomic E-state index is 12.5. The summed E-state index contributed by atoms with van der Waals surface area (Å²) in [5, 5.41) is 7.63. The van der Waals surface area contributed by atoms with Crippen molar-refractivity contribution in [3.8, 4) is 0 Å². The van der Waals surface area contributed by atoms with E-state index in [0.717, 1.165) is 32.4 Å². The Balaban J connectivity index is 0.00000110. The van der Waals surface area contributed by atoms with Crippen molar-refractivity contribution in [3.05, 3.63) is 18.0 Å². The number of aryl methyl sites for hydroxylation is 1. The number of rotatable bonds is 3. The van der Waals surface area contributed by atoms with Gasteiger partial charge in [0.2, 0.25) is 5.91 Å². The van der Waals surface area contributed by atoms with Gasteiger partial charge in [0.25, 0.3) is 0 Å². The van der Waals surface area contributed by atoms with E-state index >= 15 is 0 Å². The standard InChI is InChI=1S/C14H22N4O.2ClH/c1-17-10-11(9-16-17)13-5-3-7-18(13)14(19)8-12-4-2-6-15-12;;/h9-10,12-13,15H,2-8H2,1H3;2*1H. The fraction of sp³-hybridized carbons (Fsp3) is 0.714. The molecule has 2 saturated heterocycles. The van der Waals surface area contributed by atoms with E-state index in [2.05, 4.69) is 15.3 Å². The molecule has 0 aliphatic carbocycles. The van der Waals surface area contributed by atoms with E-state index in [1.165, 1.54) is 12.0 Å². The summed E-state index contributed by atoms with van der Waals surface area (Å²) in [5.74, 6) is 0.297. The fourth-order valence-corrected chi connectivity index (χ4v) is 3.28. The van der Waals surface area contributed by atoms with Gasteiger partial charge in [-0.25, -0.2) is 0 Å². The van der Waals surface area contributed by atoms with Crippen molar-refractivity contribution in [1.82, 2.24) is 20.0 Å². The Kier molecular flexibility index (Phi) is 6.97. The number of likely N-dealkylation sites (tertiary alicyclic amines) is 1. The van der Waals surface area contributed by atoms with E-state index in [-0.39, 0.29) is 30.9 Å². The molecule has 0 bridgehead atoms. The minimum atomic E-state index is 0. The van der Waals surface area contributed by atoms with Crippen molar-refractivity contribution in [3.63, 3.8) is 0 Å². The normalized spacial score (nSPS) is 24.5. The molecule has 0 spiro atoms. The SMILES string of the molecule is Cl.Cl.Cn1cc(C2CCCN2C(=O)CC2CCCN2)cn1. The van der Waals surface area contributed by atoms with Crippen molar-refractivity contribution in [2.45, 2.75) is 44.2 Å². The second kappa shape index (κ2) is 8.01. The van der Waals surface area contributed by atoms with Crippen LogP contribution < -0.4 is 5.32 Å². The summed E-state index contributed by atoms with van der Waals surface area (Å²) >= 11 is 0. The van der Waals surface area contributed by atoms with E-state index in [0.29, 0.717) is 18.4 Å². The zero-order valence-corrected chi connectivity index (χ0v) is 14.0. The lowest BCUT2D eigenvalue weighted by molar-refractivity contribution is -0.132. The summed E-state index contributed by atoms with van der Waals surface area (Å²) in [6.07, 6.45) is 9.07. The van der Waals surface area contributed by atoms with Gasteiger partial charge in [0.15, 0.2) is 0 Å². The molecule has 1 N–H and O–H groups in total. The number of nitrogens with zero attached hydrogens (tertiary/aromatic N) is 3. The minimum absolute atomic E-state index is 0. The summed E-state index contributed by atoms with van der Waals surface area (Å²) in [5.41, 5.74) is 1.17. The summed E-state index contributed by atoms with van der Waals surface area (Å²) in [7, 11) is 1.92. The molecule has 0 saturated carbocycles. The molecule has 2 aliphatic heterocycles. The third-order valence-corrected chi connectivity index (χ3v) is 4.27. The van der Waals surface area contributed by atoms with Gasteiger partial charge in [0.1, 0.15) is 0 Å². The Morgan fingerprint density at radius 2 is 2.19 bits per heavy atom. The topological polar surface area (TPSA) is 50.2 Å². The average molecular weight is 335 g/mol. The molecule has 3 rings (SSSR count). The minimum Gasteiger partial charge on any atom is -0.335 e. The molecular formula is C14H24Cl2N4O. The van der Waals surface area contributed by atoms with Crippen LogP contribution in [-0.2, 0) is 11.8 Å².